The Balaban J connectivity index is 1.30. The average Bonchev–Trinajstić information content (AvgIpc) is 3.24. The molecule has 2 heterocycles. The number of fused-ring (bicyclic) bond motifs is 2. The highest BCUT2D eigenvalue weighted by Crippen LogP contribution is 2.45. The lowest BCUT2D eigenvalue weighted by molar-refractivity contribution is -0.206. The van der Waals surface area contributed by atoms with E-state index in [1.165, 1.54) is 0 Å². The van der Waals surface area contributed by atoms with Crippen LogP contribution >= 0.6 is 46.4 Å². The van der Waals surface area contributed by atoms with Gasteiger partial charge in [-0.25, -0.2) is 4.79 Å². The first-order valence-corrected chi connectivity index (χ1v) is 13.6. The molecule has 0 aromatic heterocycles. The van der Waals surface area contributed by atoms with Crippen molar-refractivity contribution in [1.82, 2.24) is 4.90 Å². The number of halogens is 7. The number of hydrogen-bond acceptors (Lipinski definition) is 5. The third kappa shape index (κ3) is 6.00. The minimum atomic E-state index is -5.15. The second kappa shape index (κ2) is 11.1. The van der Waals surface area contributed by atoms with Crippen LogP contribution in [0.5, 0.6) is 11.5 Å². The highest BCUT2D eigenvalue weighted by atomic mass is 35.5. The first-order valence-electron chi connectivity index (χ1n) is 12.1. The van der Waals surface area contributed by atoms with Gasteiger partial charge < -0.3 is 14.2 Å². The van der Waals surface area contributed by atoms with Crippen molar-refractivity contribution >= 4 is 63.1 Å². The van der Waals surface area contributed by atoms with Crippen molar-refractivity contribution in [3.8, 4) is 11.5 Å². The Morgan fingerprint density at radius 2 is 1.69 bits per heavy atom. The highest BCUT2D eigenvalue weighted by Gasteiger charge is 2.44. The van der Waals surface area contributed by atoms with Crippen molar-refractivity contribution in [3.63, 3.8) is 0 Å². The Bertz CT molecular complexity index is 1410. The van der Waals surface area contributed by atoms with E-state index >= 15 is 0 Å². The number of alkyl halides is 3. The molecule has 2 aliphatic rings. The number of rotatable bonds is 6. The molecule has 12 heteroatoms. The van der Waals surface area contributed by atoms with Crippen molar-refractivity contribution in [2.24, 2.45) is 0 Å². The van der Waals surface area contributed by atoms with Gasteiger partial charge in [0.2, 0.25) is 0 Å². The van der Waals surface area contributed by atoms with Crippen LogP contribution < -0.4 is 9.47 Å². The maximum atomic E-state index is 13.1. The Kier molecular flexibility index (Phi) is 8.06. The molecule has 1 saturated heterocycles. The molecule has 208 valence electrons. The zero-order valence-electron chi connectivity index (χ0n) is 20.3. The molecule has 2 aliphatic heterocycles. The van der Waals surface area contributed by atoms with E-state index in [0.29, 0.717) is 48.1 Å². The lowest BCUT2D eigenvalue weighted by atomic mass is 9.87. The zero-order valence-corrected chi connectivity index (χ0v) is 23.3. The fraction of sp³-hybridized carbons (Fsp3) is 0.370. The molecular weight excluding hydrogens is 601 g/mol. The minimum Gasteiger partial charge on any atom is -0.487 e. The molecule has 0 aliphatic carbocycles. The summed E-state index contributed by atoms with van der Waals surface area (Å²) in [6, 6.07) is 12.4. The molecule has 0 saturated carbocycles. The smallest absolute Gasteiger partial charge is 0.487 e. The maximum Gasteiger partial charge on any atom is 0.490 e. The topological polar surface area (TPSA) is 48.0 Å². The monoisotopic (exact) mass is 621 g/mol. The standard InChI is InChI=1S/C27H22Cl4F3NO4/c28-16-5-6-20-15(11-16)12-26(39-20)7-9-35(10-8-26)13-17(38-25(36)27(32,33)34)14-37-24-19-4-2-1-3-18(19)21(29)22(30)23(24)31/h1-6,11,17H,7-10,12-14H2/t17-/m0/s1. The Morgan fingerprint density at radius 3 is 2.38 bits per heavy atom. The first kappa shape index (κ1) is 28.4. The van der Waals surface area contributed by atoms with Crippen molar-refractivity contribution < 1.29 is 32.2 Å². The molecule has 0 amide bonds. The maximum absolute atomic E-state index is 13.1. The lowest BCUT2D eigenvalue weighted by Gasteiger charge is -2.39. The molecule has 5 rings (SSSR count). The van der Waals surface area contributed by atoms with E-state index in [-0.39, 0.29) is 34.0 Å². The van der Waals surface area contributed by atoms with E-state index in [1.54, 1.807) is 30.3 Å². The first-order chi connectivity index (χ1) is 18.5. The van der Waals surface area contributed by atoms with E-state index in [9.17, 15) is 18.0 Å². The van der Waals surface area contributed by atoms with Gasteiger partial charge in [-0.2, -0.15) is 13.2 Å². The molecule has 1 atom stereocenters. The Hall–Kier alpha value is -2.10. The van der Waals surface area contributed by atoms with Gasteiger partial charge in [-0.15, -0.1) is 0 Å². The molecule has 0 radical (unpaired) electrons. The van der Waals surface area contributed by atoms with Crippen LogP contribution in [0.25, 0.3) is 10.8 Å². The number of carbonyl (C=O) groups is 1. The average molecular weight is 623 g/mol. The number of piperidine rings is 1. The van der Waals surface area contributed by atoms with Gasteiger partial charge in [-0.3, -0.25) is 4.90 Å². The summed E-state index contributed by atoms with van der Waals surface area (Å²) >= 11 is 25.1. The number of ether oxygens (including phenoxy) is 3. The molecule has 3 aromatic rings. The van der Waals surface area contributed by atoms with E-state index in [1.807, 2.05) is 17.0 Å². The van der Waals surface area contributed by atoms with Crippen molar-refractivity contribution in [1.29, 1.82) is 0 Å². The fourth-order valence-corrected chi connectivity index (χ4v) is 6.02. The van der Waals surface area contributed by atoms with Gasteiger partial charge in [0, 0.05) is 54.7 Å². The SMILES string of the molecule is O=C(O[C@H](COc1c(Cl)c(Cl)c(Cl)c2ccccc12)CN1CCC2(CC1)Cc1cc(Cl)ccc1O2)C(F)(F)F. The summed E-state index contributed by atoms with van der Waals surface area (Å²) in [7, 11) is 0. The highest BCUT2D eigenvalue weighted by molar-refractivity contribution is 6.51. The lowest BCUT2D eigenvalue weighted by Crippen LogP contribution is -2.50. The van der Waals surface area contributed by atoms with Crippen LogP contribution in [-0.2, 0) is 16.0 Å². The number of esters is 1. The second-order valence-electron chi connectivity index (χ2n) is 9.67. The van der Waals surface area contributed by atoms with Gasteiger partial charge in [0.15, 0.2) is 0 Å². The normalized spacial score (nSPS) is 17.6. The van der Waals surface area contributed by atoms with Crippen molar-refractivity contribution in [2.45, 2.75) is 37.1 Å². The van der Waals surface area contributed by atoms with Crippen molar-refractivity contribution in [3.05, 3.63) is 68.1 Å². The van der Waals surface area contributed by atoms with E-state index in [4.69, 9.17) is 60.6 Å². The third-order valence-electron chi connectivity index (χ3n) is 7.00. The predicted octanol–water partition coefficient (Wildman–Crippen LogP) is 7.78. The Labute approximate surface area is 242 Å². The Morgan fingerprint density at radius 1 is 1.00 bits per heavy atom. The summed E-state index contributed by atoms with van der Waals surface area (Å²) in [5.41, 5.74) is 0.636. The molecule has 3 aromatic carbocycles. The van der Waals surface area contributed by atoms with Gasteiger partial charge in [-0.05, 0) is 23.8 Å². The van der Waals surface area contributed by atoms with E-state index in [2.05, 4.69) is 0 Å². The van der Waals surface area contributed by atoms with Gasteiger partial charge >= 0.3 is 12.1 Å². The van der Waals surface area contributed by atoms with Gasteiger partial charge in [0.25, 0.3) is 0 Å². The number of benzene rings is 3. The van der Waals surface area contributed by atoms with Gasteiger partial charge in [-0.1, -0.05) is 70.7 Å². The number of carbonyl (C=O) groups excluding carboxylic acids is 1. The number of nitrogens with zero attached hydrogens (tertiary/aromatic N) is 1. The van der Waals surface area contributed by atoms with E-state index < -0.39 is 23.9 Å². The third-order valence-corrected chi connectivity index (χ3v) is 8.56. The summed E-state index contributed by atoms with van der Waals surface area (Å²) < 4.78 is 56.2. The molecule has 0 unspecified atom stereocenters. The fourth-order valence-electron chi connectivity index (χ4n) is 5.08. The predicted molar refractivity (Wildman–Crippen MR) is 145 cm³/mol. The van der Waals surface area contributed by atoms with Crippen LogP contribution in [0.4, 0.5) is 13.2 Å². The van der Waals surface area contributed by atoms with E-state index in [0.717, 1.165) is 11.3 Å². The van der Waals surface area contributed by atoms with Crippen LogP contribution in [0.3, 0.4) is 0 Å². The molecule has 1 fully saturated rings. The molecule has 39 heavy (non-hydrogen) atoms. The molecular formula is C27H22Cl4F3NO4. The summed E-state index contributed by atoms with van der Waals surface area (Å²) in [5, 5.41) is 2.01. The quantitative estimate of drug-likeness (QED) is 0.208. The molecule has 0 bridgehead atoms. The molecule has 0 N–H and O–H groups in total. The summed E-state index contributed by atoms with van der Waals surface area (Å²) in [6.45, 7) is 0.690. The van der Waals surface area contributed by atoms with Crippen molar-refractivity contribution in [2.75, 3.05) is 26.2 Å². The summed E-state index contributed by atoms with van der Waals surface area (Å²) in [5.74, 6) is -1.35. The van der Waals surface area contributed by atoms with Crippen LogP contribution in [0, 0.1) is 0 Å². The van der Waals surface area contributed by atoms with Crippen LogP contribution in [-0.4, -0.2) is 55.0 Å². The van der Waals surface area contributed by atoms with Gasteiger partial charge in [0.05, 0.1) is 10.0 Å². The summed E-state index contributed by atoms with van der Waals surface area (Å²) in [6.07, 6.45) is -4.40. The van der Waals surface area contributed by atoms with Gasteiger partial charge in [0.1, 0.15) is 34.8 Å². The largest absolute Gasteiger partial charge is 0.490 e. The second-order valence-corrected chi connectivity index (χ2v) is 11.2. The molecule has 5 nitrogen and oxygen atoms in total. The minimum absolute atomic E-state index is 0.0132. The zero-order chi connectivity index (χ0) is 27.9. The summed E-state index contributed by atoms with van der Waals surface area (Å²) in [4.78, 5) is 13.7. The number of likely N-dealkylation sites (tertiary alicyclic amines) is 1. The molecule has 1 spiro atoms. The van der Waals surface area contributed by atoms with Crippen LogP contribution in [0.1, 0.15) is 18.4 Å². The number of hydrogen-bond donors (Lipinski definition) is 0. The van der Waals surface area contributed by atoms with Crippen LogP contribution in [0.2, 0.25) is 20.1 Å². The van der Waals surface area contributed by atoms with Crippen LogP contribution in [0.15, 0.2) is 42.5 Å².